The topological polar surface area (TPSA) is 53.4 Å². The van der Waals surface area contributed by atoms with Crippen molar-refractivity contribution in [3.05, 3.63) is 15.9 Å². The Labute approximate surface area is 109 Å². The summed E-state index contributed by atoms with van der Waals surface area (Å²) in [4.78, 5) is 11.7. The molecule has 0 radical (unpaired) electrons. The fourth-order valence-corrected chi connectivity index (χ4v) is 1.91. The number of methoxy groups -OCH3 is 1. The Balaban J connectivity index is 2.45. The molecule has 0 aromatic carbocycles. The van der Waals surface area contributed by atoms with E-state index in [0.29, 0.717) is 19.6 Å². The van der Waals surface area contributed by atoms with Crippen molar-refractivity contribution < 1.29 is 14.3 Å². The number of carbonyl (C=O) groups is 1. The van der Waals surface area contributed by atoms with Crippen LogP contribution in [0.15, 0.2) is 4.47 Å². The highest BCUT2D eigenvalue weighted by atomic mass is 79.9. The van der Waals surface area contributed by atoms with Gasteiger partial charge < -0.3 is 9.47 Å². The third-order valence-electron chi connectivity index (χ3n) is 2.32. The molecular weight excluding hydrogens is 288 g/mol. The minimum atomic E-state index is 0.0322. The first-order chi connectivity index (χ1) is 8.06. The summed E-state index contributed by atoms with van der Waals surface area (Å²) >= 11 is 3.43. The molecule has 17 heavy (non-hydrogen) atoms. The average molecular weight is 305 g/mol. The van der Waals surface area contributed by atoms with E-state index in [2.05, 4.69) is 21.0 Å². The van der Waals surface area contributed by atoms with Crippen LogP contribution >= 0.6 is 15.9 Å². The number of ketones is 1. The summed E-state index contributed by atoms with van der Waals surface area (Å²) in [6, 6.07) is 0. The van der Waals surface area contributed by atoms with Gasteiger partial charge in [-0.15, -0.1) is 0 Å². The lowest BCUT2D eigenvalue weighted by Gasteiger charge is -2.04. The van der Waals surface area contributed by atoms with Crippen LogP contribution in [0.1, 0.15) is 11.4 Å². The van der Waals surface area contributed by atoms with Crippen LogP contribution in [0.25, 0.3) is 0 Å². The highest BCUT2D eigenvalue weighted by Gasteiger charge is 2.14. The van der Waals surface area contributed by atoms with E-state index in [9.17, 15) is 4.79 Å². The highest BCUT2D eigenvalue weighted by molar-refractivity contribution is 9.10. The second kappa shape index (κ2) is 6.88. The summed E-state index contributed by atoms with van der Waals surface area (Å²) in [5.41, 5.74) is 1.76. The number of aromatic nitrogens is 2. The second-order valence-electron chi connectivity index (χ2n) is 3.73. The summed E-state index contributed by atoms with van der Waals surface area (Å²) in [6.45, 7) is 2.95. The van der Waals surface area contributed by atoms with E-state index in [4.69, 9.17) is 9.47 Å². The number of hydrogen-bond donors (Lipinski definition) is 0. The number of nitrogens with zero attached hydrogens (tertiary/aromatic N) is 2. The monoisotopic (exact) mass is 304 g/mol. The minimum Gasteiger partial charge on any atom is -0.382 e. The largest absolute Gasteiger partial charge is 0.382 e. The number of aryl methyl sites for hydroxylation is 2. The molecular formula is C11H17BrN2O3. The molecule has 96 valence electrons. The van der Waals surface area contributed by atoms with Crippen LogP contribution in [0, 0.1) is 6.92 Å². The number of carbonyl (C=O) groups excluding carboxylic acids is 1. The molecule has 0 aliphatic carbocycles. The van der Waals surface area contributed by atoms with Crippen molar-refractivity contribution in [2.75, 3.05) is 26.9 Å². The molecule has 0 aliphatic rings. The first-order valence-electron chi connectivity index (χ1n) is 5.32. The summed E-state index contributed by atoms with van der Waals surface area (Å²) in [5, 5.41) is 4.23. The third-order valence-corrected chi connectivity index (χ3v) is 3.35. The van der Waals surface area contributed by atoms with E-state index < -0.39 is 0 Å². The number of halogens is 1. The molecule has 6 heteroatoms. The Morgan fingerprint density at radius 1 is 1.47 bits per heavy atom. The van der Waals surface area contributed by atoms with E-state index in [1.807, 2.05) is 14.0 Å². The van der Waals surface area contributed by atoms with Crippen LogP contribution in [0.3, 0.4) is 0 Å². The van der Waals surface area contributed by atoms with Crippen LogP contribution in [-0.2, 0) is 27.7 Å². The van der Waals surface area contributed by atoms with Crippen molar-refractivity contribution in [1.29, 1.82) is 0 Å². The third kappa shape index (κ3) is 4.22. The van der Waals surface area contributed by atoms with Gasteiger partial charge in [0.2, 0.25) is 0 Å². The second-order valence-corrected chi connectivity index (χ2v) is 4.52. The summed E-state index contributed by atoms with van der Waals surface area (Å²) in [5.74, 6) is 0.0322. The number of rotatable bonds is 7. The number of ether oxygens (including phenoxy) is 2. The lowest BCUT2D eigenvalue weighted by atomic mass is 10.2. The standard InChI is InChI=1S/C11H17BrN2O3/c1-8-11(12)10(14(2)13-8)6-9(15)7-17-5-4-16-3/h4-7H2,1-3H3. The van der Waals surface area contributed by atoms with Gasteiger partial charge in [0.1, 0.15) is 6.61 Å². The lowest BCUT2D eigenvalue weighted by molar-refractivity contribution is -0.123. The van der Waals surface area contributed by atoms with Crippen molar-refractivity contribution >= 4 is 21.7 Å². The van der Waals surface area contributed by atoms with Crippen molar-refractivity contribution in [1.82, 2.24) is 9.78 Å². The van der Waals surface area contributed by atoms with E-state index in [0.717, 1.165) is 15.9 Å². The molecule has 0 saturated heterocycles. The molecule has 1 heterocycles. The van der Waals surface area contributed by atoms with Crippen LogP contribution < -0.4 is 0 Å². The molecule has 0 N–H and O–H groups in total. The van der Waals surface area contributed by atoms with Crippen molar-refractivity contribution in [2.24, 2.45) is 7.05 Å². The van der Waals surface area contributed by atoms with Crippen LogP contribution in [0.4, 0.5) is 0 Å². The Morgan fingerprint density at radius 2 is 2.18 bits per heavy atom. The van der Waals surface area contributed by atoms with Gasteiger partial charge in [0.15, 0.2) is 5.78 Å². The lowest BCUT2D eigenvalue weighted by Crippen LogP contribution is -2.15. The minimum absolute atomic E-state index is 0.0322. The molecule has 0 saturated carbocycles. The van der Waals surface area contributed by atoms with E-state index >= 15 is 0 Å². The first kappa shape index (κ1) is 14.3. The Hall–Kier alpha value is -0.720. The van der Waals surface area contributed by atoms with Gasteiger partial charge in [0, 0.05) is 14.2 Å². The molecule has 1 aromatic heterocycles. The maximum absolute atomic E-state index is 11.7. The summed E-state index contributed by atoms with van der Waals surface area (Å²) in [7, 11) is 3.42. The van der Waals surface area contributed by atoms with Gasteiger partial charge in [-0.2, -0.15) is 5.10 Å². The maximum atomic E-state index is 11.7. The van der Waals surface area contributed by atoms with Gasteiger partial charge in [-0.1, -0.05) is 0 Å². The zero-order valence-corrected chi connectivity index (χ0v) is 11.9. The zero-order chi connectivity index (χ0) is 12.8. The van der Waals surface area contributed by atoms with Gasteiger partial charge >= 0.3 is 0 Å². The number of hydrogen-bond acceptors (Lipinski definition) is 4. The predicted octanol–water partition coefficient (Wildman–Crippen LogP) is 1.27. The van der Waals surface area contributed by atoms with Gasteiger partial charge in [-0.05, 0) is 22.9 Å². The molecule has 0 aliphatic heterocycles. The molecule has 0 bridgehead atoms. The predicted molar refractivity (Wildman–Crippen MR) is 67.1 cm³/mol. The van der Waals surface area contributed by atoms with Gasteiger partial charge in [-0.25, -0.2) is 0 Å². The molecule has 0 spiro atoms. The van der Waals surface area contributed by atoms with Gasteiger partial charge in [0.05, 0.1) is 35.5 Å². The summed E-state index contributed by atoms with van der Waals surface area (Å²) < 4.78 is 12.6. The van der Waals surface area contributed by atoms with Gasteiger partial charge in [0.25, 0.3) is 0 Å². The first-order valence-corrected chi connectivity index (χ1v) is 6.12. The van der Waals surface area contributed by atoms with Crippen LogP contribution in [0.2, 0.25) is 0 Å². The van der Waals surface area contributed by atoms with Crippen LogP contribution in [-0.4, -0.2) is 42.5 Å². The fourth-order valence-electron chi connectivity index (χ4n) is 1.44. The SMILES string of the molecule is COCCOCC(=O)Cc1c(Br)c(C)nn1C. The Kier molecular flexibility index (Phi) is 5.80. The molecule has 1 aromatic rings. The Morgan fingerprint density at radius 3 is 2.71 bits per heavy atom. The van der Waals surface area contributed by atoms with Crippen molar-refractivity contribution in [3.8, 4) is 0 Å². The molecule has 0 atom stereocenters. The fraction of sp³-hybridized carbons (Fsp3) is 0.636. The van der Waals surface area contributed by atoms with Crippen LogP contribution in [0.5, 0.6) is 0 Å². The molecule has 1 rings (SSSR count). The molecule has 0 unspecified atom stereocenters. The quantitative estimate of drug-likeness (QED) is 0.712. The van der Waals surface area contributed by atoms with E-state index in [1.165, 1.54) is 0 Å². The average Bonchev–Trinajstić information content (AvgIpc) is 2.52. The molecule has 5 nitrogen and oxygen atoms in total. The molecule has 0 fully saturated rings. The highest BCUT2D eigenvalue weighted by Crippen LogP contribution is 2.20. The smallest absolute Gasteiger partial charge is 0.164 e. The van der Waals surface area contributed by atoms with Crippen molar-refractivity contribution in [2.45, 2.75) is 13.3 Å². The normalized spacial score (nSPS) is 10.8. The molecule has 0 amide bonds. The summed E-state index contributed by atoms with van der Waals surface area (Å²) in [6.07, 6.45) is 0.324. The van der Waals surface area contributed by atoms with E-state index in [1.54, 1.807) is 11.8 Å². The van der Waals surface area contributed by atoms with E-state index in [-0.39, 0.29) is 12.4 Å². The zero-order valence-electron chi connectivity index (χ0n) is 10.3. The Bertz CT molecular complexity index is 390. The number of Topliss-reactive ketones (excluding diaryl/α,β-unsaturated/α-hetero) is 1. The van der Waals surface area contributed by atoms with Crippen molar-refractivity contribution in [3.63, 3.8) is 0 Å². The maximum Gasteiger partial charge on any atom is 0.164 e. The van der Waals surface area contributed by atoms with Gasteiger partial charge in [-0.3, -0.25) is 9.48 Å².